The fourth-order valence-corrected chi connectivity index (χ4v) is 2.04. The lowest BCUT2D eigenvalue weighted by Gasteiger charge is -2.28. The van der Waals surface area contributed by atoms with Gasteiger partial charge in [-0.3, -0.25) is 0 Å². The Hall–Kier alpha value is 0.180. The highest BCUT2D eigenvalue weighted by molar-refractivity contribution is 9.09. The van der Waals surface area contributed by atoms with E-state index >= 15 is 0 Å². The van der Waals surface area contributed by atoms with Gasteiger partial charge >= 0.3 is 0 Å². The monoisotopic (exact) mass is 233 g/mol. The third-order valence-corrected chi connectivity index (χ3v) is 2.67. The van der Waals surface area contributed by atoms with Crippen LogP contribution in [0.1, 0.15) is 26.7 Å². The molecule has 0 aliphatic heterocycles. The summed E-state index contributed by atoms with van der Waals surface area (Å²) < 4.78 is 0. The molecule has 0 N–H and O–H groups in total. The molecule has 0 rings (SSSR count). The zero-order valence-electron chi connectivity index (χ0n) is 8.22. The van der Waals surface area contributed by atoms with E-state index in [1.54, 1.807) is 0 Å². The van der Waals surface area contributed by atoms with Gasteiger partial charge < -0.3 is 4.90 Å². The van der Waals surface area contributed by atoms with Gasteiger partial charge in [-0.1, -0.05) is 35.9 Å². The van der Waals surface area contributed by atoms with E-state index in [1.165, 1.54) is 6.42 Å². The van der Waals surface area contributed by atoms with Crippen LogP contribution in [0.4, 0.5) is 0 Å². The van der Waals surface area contributed by atoms with Crippen LogP contribution in [-0.2, 0) is 0 Å². The molecule has 0 heterocycles. The third kappa shape index (κ3) is 4.27. The molecule has 1 nitrogen and oxygen atoms in total. The first kappa shape index (κ1) is 12.2. The van der Waals surface area contributed by atoms with Crippen molar-refractivity contribution >= 4 is 15.9 Å². The molecule has 72 valence electrons. The topological polar surface area (TPSA) is 3.24 Å². The van der Waals surface area contributed by atoms with Gasteiger partial charge in [0.25, 0.3) is 0 Å². The average molecular weight is 234 g/mol. The van der Waals surface area contributed by atoms with Crippen molar-refractivity contribution in [2.75, 3.05) is 18.4 Å². The molecule has 0 amide bonds. The van der Waals surface area contributed by atoms with Crippen LogP contribution < -0.4 is 0 Å². The summed E-state index contributed by atoms with van der Waals surface area (Å²) in [6, 6.07) is 0.678. The van der Waals surface area contributed by atoms with Gasteiger partial charge in [-0.05, 0) is 25.9 Å². The van der Waals surface area contributed by atoms with Crippen LogP contribution >= 0.6 is 15.9 Å². The predicted octanol–water partition coefficient (Wildman–Crippen LogP) is 3.06. The molecule has 1 unspecified atom stereocenters. The van der Waals surface area contributed by atoms with Crippen LogP contribution in [0.15, 0.2) is 12.7 Å². The first-order valence-electron chi connectivity index (χ1n) is 4.71. The molecule has 12 heavy (non-hydrogen) atoms. The number of hydrogen-bond donors (Lipinski definition) is 0. The Morgan fingerprint density at radius 2 is 2.00 bits per heavy atom. The smallest absolute Gasteiger partial charge is 0.0137 e. The number of rotatable bonds is 7. The maximum Gasteiger partial charge on any atom is 0.0137 e. The van der Waals surface area contributed by atoms with Crippen molar-refractivity contribution in [1.82, 2.24) is 4.90 Å². The van der Waals surface area contributed by atoms with Crippen LogP contribution in [-0.4, -0.2) is 29.4 Å². The summed E-state index contributed by atoms with van der Waals surface area (Å²) in [4.78, 5) is 2.49. The van der Waals surface area contributed by atoms with E-state index in [9.17, 15) is 0 Å². The predicted molar refractivity (Wildman–Crippen MR) is 59.9 cm³/mol. The lowest BCUT2D eigenvalue weighted by atomic mass is 10.1. The fraction of sp³-hybridized carbons (Fsp3) is 0.800. The minimum atomic E-state index is 0.678. The minimum absolute atomic E-state index is 0.678. The molecule has 0 aliphatic rings. The lowest BCUT2D eigenvalue weighted by molar-refractivity contribution is 0.214. The second-order valence-electron chi connectivity index (χ2n) is 2.88. The number of halogens is 1. The Morgan fingerprint density at radius 1 is 1.42 bits per heavy atom. The van der Waals surface area contributed by atoms with E-state index in [2.05, 4.69) is 41.3 Å². The van der Waals surface area contributed by atoms with Gasteiger partial charge in [0.05, 0.1) is 0 Å². The summed E-state index contributed by atoms with van der Waals surface area (Å²) in [6.07, 6.45) is 4.34. The van der Waals surface area contributed by atoms with Gasteiger partial charge in [0.15, 0.2) is 0 Å². The van der Waals surface area contributed by atoms with E-state index in [-0.39, 0.29) is 0 Å². The summed E-state index contributed by atoms with van der Waals surface area (Å²) in [6.45, 7) is 10.5. The van der Waals surface area contributed by atoms with Crippen molar-refractivity contribution in [2.24, 2.45) is 0 Å². The van der Waals surface area contributed by atoms with Gasteiger partial charge in [-0.2, -0.15) is 0 Å². The third-order valence-electron chi connectivity index (χ3n) is 2.21. The average Bonchev–Trinajstić information content (AvgIpc) is 2.07. The highest BCUT2D eigenvalue weighted by Gasteiger charge is 2.12. The van der Waals surface area contributed by atoms with E-state index in [4.69, 9.17) is 0 Å². The Kier molecular flexibility index (Phi) is 7.93. The van der Waals surface area contributed by atoms with Crippen LogP contribution in [0.3, 0.4) is 0 Å². The highest BCUT2D eigenvalue weighted by Crippen LogP contribution is 2.10. The van der Waals surface area contributed by atoms with Gasteiger partial charge in [0, 0.05) is 11.4 Å². The zero-order valence-corrected chi connectivity index (χ0v) is 9.81. The first-order chi connectivity index (χ1) is 5.79. The number of alkyl halides is 1. The van der Waals surface area contributed by atoms with Gasteiger partial charge in [0.2, 0.25) is 0 Å². The largest absolute Gasteiger partial charge is 0.301 e. The second kappa shape index (κ2) is 7.81. The van der Waals surface area contributed by atoms with Crippen LogP contribution in [0.25, 0.3) is 0 Å². The molecule has 0 radical (unpaired) electrons. The SMILES string of the molecule is C=CCC(CCBr)N(CC)CC. The molecular formula is C10H20BrN. The summed E-state index contributed by atoms with van der Waals surface area (Å²) in [5, 5.41) is 1.09. The van der Waals surface area contributed by atoms with Gasteiger partial charge in [-0.25, -0.2) is 0 Å². The minimum Gasteiger partial charge on any atom is -0.301 e. The Labute approximate surface area is 85.0 Å². The molecule has 0 saturated carbocycles. The highest BCUT2D eigenvalue weighted by atomic mass is 79.9. The molecule has 2 heteroatoms. The molecular weight excluding hydrogens is 214 g/mol. The summed E-state index contributed by atoms with van der Waals surface area (Å²) >= 11 is 3.49. The molecule has 0 fully saturated rings. The lowest BCUT2D eigenvalue weighted by Crippen LogP contribution is -2.34. The van der Waals surface area contributed by atoms with Gasteiger partial charge in [-0.15, -0.1) is 6.58 Å². The maximum atomic E-state index is 3.79. The summed E-state index contributed by atoms with van der Waals surface area (Å²) in [5.74, 6) is 0. The molecule has 0 aromatic carbocycles. The molecule has 0 aromatic rings. The van der Waals surface area contributed by atoms with Crippen molar-refractivity contribution in [3.05, 3.63) is 12.7 Å². The van der Waals surface area contributed by atoms with Crippen molar-refractivity contribution in [3.8, 4) is 0 Å². The first-order valence-corrected chi connectivity index (χ1v) is 5.83. The molecule has 0 spiro atoms. The molecule has 0 saturated heterocycles. The number of nitrogens with zero attached hydrogens (tertiary/aromatic N) is 1. The Balaban J connectivity index is 3.94. The van der Waals surface area contributed by atoms with E-state index in [0.717, 1.165) is 24.8 Å². The molecule has 1 atom stereocenters. The van der Waals surface area contributed by atoms with Crippen LogP contribution in [0.5, 0.6) is 0 Å². The van der Waals surface area contributed by atoms with Crippen LogP contribution in [0, 0.1) is 0 Å². The maximum absolute atomic E-state index is 3.79. The second-order valence-corrected chi connectivity index (χ2v) is 3.67. The summed E-state index contributed by atoms with van der Waals surface area (Å²) in [7, 11) is 0. The van der Waals surface area contributed by atoms with E-state index in [1.807, 2.05) is 6.08 Å². The quantitative estimate of drug-likeness (QED) is 0.483. The Morgan fingerprint density at radius 3 is 2.33 bits per heavy atom. The van der Waals surface area contributed by atoms with Crippen molar-refractivity contribution in [3.63, 3.8) is 0 Å². The molecule has 0 aliphatic carbocycles. The number of hydrogen-bond acceptors (Lipinski definition) is 1. The molecule has 0 aromatic heterocycles. The molecule has 0 bridgehead atoms. The van der Waals surface area contributed by atoms with Crippen molar-refractivity contribution in [1.29, 1.82) is 0 Å². The van der Waals surface area contributed by atoms with E-state index in [0.29, 0.717) is 6.04 Å². The summed E-state index contributed by atoms with van der Waals surface area (Å²) in [5.41, 5.74) is 0. The van der Waals surface area contributed by atoms with Crippen LogP contribution in [0.2, 0.25) is 0 Å². The Bertz CT molecular complexity index is 110. The standard InChI is InChI=1S/C10H20BrN/c1-4-7-10(8-9-11)12(5-2)6-3/h4,10H,1,5-9H2,2-3H3. The normalized spacial score (nSPS) is 13.3. The van der Waals surface area contributed by atoms with Gasteiger partial charge in [0.1, 0.15) is 0 Å². The van der Waals surface area contributed by atoms with Crippen molar-refractivity contribution in [2.45, 2.75) is 32.7 Å². The zero-order chi connectivity index (χ0) is 9.40. The van der Waals surface area contributed by atoms with E-state index < -0.39 is 0 Å². The fourth-order valence-electron chi connectivity index (χ4n) is 1.51. The van der Waals surface area contributed by atoms with Crippen molar-refractivity contribution < 1.29 is 0 Å².